The van der Waals surface area contributed by atoms with E-state index in [1.807, 2.05) is 0 Å². The molecule has 1 N–H and O–H groups in total. The van der Waals surface area contributed by atoms with Gasteiger partial charge in [0.05, 0.1) is 10.5 Å². The van der Waals surface area contributed by atoms with Crippen LogP contribution in [0.4, 0.5) is 18.9 Å². The molecule has 0 fully saturated rings. The number of halogens is 3. The van der Waals surface area contributed by atoms with Crippen LogP contribution >= 0.6 is 0 Å². The van der Waals surface area contributed by atoms with Crippen LogP contribution in [0.3, 0.4) is 0 Å². The van der Waals surface area contributed by atoms with E-state index in [-0.39, 0.29) is 0 Å². The summed E-state index contributed by atoms with van der Waals surface area (Å²) in [6, 6.07) is 1.92. The highest BCUT2D eigenvalue weighted by Gasteiger charge is 2.33. The first-order chi connectivity index (χ1) is 8.21. The number of carbonyl (C=O) groups is 1. The molecule has 5 nitrogen and oxygen atoms in total. The number of alkyl halides is 3. The summed E-state index contributed by atoms with van der Waals surface area (Å²) in [5.41, 5.74) is -2.25. The number of carboxylic acids is 1. The van der Waals surface area contributed by atoms with Gasteiger partial charge in [0.1, 0.15) is 0 Å². The van der Waals surface area contributed by atoms with Gasteiger partial charge in [0.2, 0.25) is 0 Å². The van der Waals surface area contributed by atoms with Gasteiger partial charge in [-0.2, -0.15) is 13.2 Å². The van der Waals surface area contributed by atoms with Gasteiger partial charge in [0, 0.05) is 18.2 Å². The number of nitro benzene ring substituents is 1. The summed E-state index contributed by atoms with van der Waals surface area (Å²) in [6.07, 6.45) is -3.57. The normalized spacial score (nSPS) is 11.7. The molecule has 0 heterocycles. The molecule has 1 aromatic rings. The van der Waals surface area contributed by atoms with Crippen LogP contribution in [0.25, 0.3) is 6.08 Å². The van der Waals surface area contributed by atoms with Crippen molar-refractivity contribution in [3.8, 4) is 0 Å². The molecule has 0 aliphatic carbocycles. The second-order valence-electron chi connectivity index (χ2n) is 3.20. The molecule has 1 aromatic carbocycles. The number of non-ortho nitro benzene ring substituents is 1. The van der Waals surface area contributed by atoms with Crippen LogP contribution in [-0.2, 0) is 11.0 Å². The first kappa shape index (κ1) is 13.7. The molecule has 0 saturated heterocycles. The molecule has 0 aliphatic rings. The van der Waals surface area contributed by atoms with Gasteiger partial charge < -0.3 is 5.11 Å². The van der Waals surface area contributed by atoms with Gasteiger partial charge in [-0.05, 0) is 17.7 Å². The fourth-order valence-corrected chi connectivity index (χ4v) is 1.22. The average Bonchev–Trinajstić information content (AvgIpc) is 2.24. The molecule has 0 bridgehead atoms. The quantitative estimate of drug-likeness (QED) is 0.515. The number of benzene rings is 1. The molecule has 0 radical (unpaired) electrons. The second kappa shape index (κ2) is 4.86. The Morgan fingerprint density at radius 3 is 2.44 bits per heavy atom. The van der Waals surface area contributed by atoms with Crippen molar-refractivity contribution in [2.75, 3.05) is 0 Å². The molecule has 0 aromatic heterocycles. The standard InChI is InChI=1S/C10H6F3NO4/c11-10(12,13)8-3-2-7(14(17)18)5-6(8)1-4-9(15)16/h1-5H,(H,15,16). The lowest BCUT2D eigenvalue weighted by atomic mass is 10.1. The molecular weight excluding hydrogens is 255 g/mol. The maximum atomic E-state index is 12.6. The third-order valence-corrected chi connectivity index (χ3v) is 1.96. The summed E-state index contributed by atoms with van der Waals surface area (Å²) in [7, 11) is 0. The average molecular weight is 261 g/mol. The number of carboxylic acid groups (broad SMARTS) is 1. The first-order valence-electron chi connectivity index (χ1n) is 4.48. The zero-order valence-corrected chi connectivity index (χ0v) is 8.64. The number of nitrogens with zero attached hydrogens (tertiary/aromatic N) is 1. The smallest absolute Gasteiger partial charge is 0.416 e. The van der Waals surface area contributed by atoms with Crippen LogP contribution in [0.5, 0.6) is 0 Å². The Morgan fingerprint density at radius 2 is 2.00 bits per heavy atom. The summed E-state index contributed by atoms with van der Waals surface area (Å²) in [5, 5.41) is 18.8. The molecule has 18 heavy (non-hydrogen) atoms. The van der Waals surface area contributed by atoms with Crippen molar-refractivity contribution in [3.63, 3.8) is 0 Å². The van der Waals surface area contributed by atoms with Crippen LogP contribution in [0.2, 0.25) is 0 Å². The van der Waals surface area contributed by atoms with Crippen LogP contribution in [0.15, 0.2) is 24.3 Å². The topological polar surface area (TPSA) is 80.4 Å². The van der Waals surface area contributed by atoms with Crippen molar-refractivity contribution >= 4 is 17.7 Å². The third kappa shape index (κ3) is 3.30. The number of nitro groups is 1. The summed E-state index contributed by atoms with van der Waals surface area (Å²) in [6.45, 7) is 0. The van der Waals surface area contributed by atoms with E-state index in [2.05, 4.69) is 0 Å². The van der Waals surface area contributed by atoms with Gasteiger partial charge in [-0.3, -0.25) is 10.1 Å². The summed E-state index contributed by atoms with van der Waals surface area (Å²) in [5.74, 6) is -1.45. The summed E-state index contributed by atoms with van der Waals surface area (Å²) < 4.78 is 37.7. The largest absolute Gasteiger partial charge is 0.478 e. The van der Waals surface area contributed by atoms with Crippen molar-refractivity contribution in [1.29, 1.82) is 0 Å². The number of hydrogen-bond acceptors (Lipinski definition) is 3. The molecule has 0 unspecified atom stereocenters. The fourth-order valence-electron chi connectivity index (χ4n) is 1.22. The molecule has 96 valence electrons. The molecular formula is C10H6F3NO4. The monoisotopic (exact) mass is 261 g/mol. The predicted molar refractivity (Wildman–Crippen MR) is 54.8 cm³/mol. The van der Waals surface area contributed by atoms with Crippen LogP contribution in [0, 0.1) is 10.1 Å². The molecule has 0 atom stereocenters. The van der Waals surface area contributed by atoms with Crippen molar-refractivity contribution in [2.24, 2.45) is 0 Å². The zero-order valence-electron chi connectivity index (χ0n) is 8.64. The molecule has 0 amide bonds. The Kier molecular flexibility index (Phi) is 3.70. The SMILES string of the molecule is O=C(O)C=Cc1cc([N+](=O)[O-])ccc1C(F)(F)F. The van der Waals surface area contributed by atoms with Crippen molar-refractivity contribution < 1.29 is 28.0 Å². The minimum absolute atomic E-state index is 0.480. The van der Waals surface area contributed by atoms with Gasteiger partial charge in [0.15, 0.2) is 0 Å². The summed E-state index contributed by atoms with van der Waals surface area (Å²) in [4.78, 5) is 19.8. The van der Waals surface area contributed by atoms with E-state index in [0.717, 1.165) is 0 Å². The highest BCUT2D eigenvalue weighted by molar-refractivity contribution is 5.85. The minimum atomic E-state index is -4.71. The minimum Gasteiger partial charge on any atom is -0.478 e. The molecule has 0 saturated carbocycles. The Labute approximate surface area is 98.3 Å². The number of hydrogen-bond donors (Lipinski definition) is 1. The maximum Gasteiger partial charge on any atom is 0.416 e. The number of rotatable bonds is 3. The fraction of sp³-hybridized carbons (Fsp3) is 0.100. The van der Waals surface area contributed by atoms with Gasteiger partial charge >= 0.3 is 12.1 Å². The zero-order chi connectivity index (χ0) is 13.9. The predicted octanol–water partition coefficient (Wildman–Crippen LogP) is 2.71. The van der Waals surface area contributed by atoms with E-state index < -0.39 is 33.9 Å². The van der Waals surface area contributed by atoms with E-state index in [4.69, 9.17) is 5.11 Å². The number of aliphatic carboxylic acids is 1. The highest BCUT2D eigenvalue weighted by atomic mass is 19.4. The highest BCUT2D eigenvalue weighted by Crippen LogP contribution is 2.34. The van der Waals surface area contributed by atoms with Crippen LogP contribution in [-0.4, -0.2) is 16.0 Å². The van der Waals surface area contributed by atoms with E-state index in [1.165, 1.54) is 0 Å². The van der Waals surface area contributed by atoms with Gasteiger partial charge in [0.25, 0.3) is 5.69 Å². The van der Waals surface area contributed by atoms with Crippen molar-refractivity contribution in [2.45, 2.75) is 6.18 Å². The second-order valence-corrected chi connectivity index (χ2v) is 3.20. The molecule has 0 aliphatic heterocycles. The van der Waals surface area contributed by atoms with E-state index in [9.17, 15) is 28.1 Å². The third-order valence-electron chi connectivity index (χ3n) is 1.96. The van der Waals surface area contributed by atoms with E-state index >= 15 is 0 Å². The van der Waals surface area contributed by atoms with E-state index in [1.54, 1.807) is 0 Å². The van der Waals surface area contributed by atoms with Gasteiger partial charge in [-0.15, -0.1) is 0 Å². The Morgan fingerprint density at radius 1 is 1.39 bits per heavy atom. The Hall–Kier alpha value is -2.38. The maximum absolute atomic E-state index is 12.6. The van der Waals surface area contributed by atoms with Gasteiger partial charge in [-0.25, -0.2) is 4.79 Å². The van der Waals surface area contributed by atoms with Crippen LogP contribution < -0.4 is 0 Å². The lowest BCUT2D eigenvalue weighted by Crippen LogP contribution is -2.08. The molecule has 8 heteroatoms. The van der Waals surface area contributed by atoms with Crippen LogP contribution in [0.1, 0.15) is 11.1 Å². The first-order valence-corrected chi connectivity index (χ1v) is 4.48. The Bertz CT molecular complexity index is 522. The van der Waals surface area contributed by atoms with E-state index in [0.29, 0.717) is 30.4 Å². The molecule has 0 spiro atoms. The van der Waals surface area contributed by atoms with Gasteiger partial charge in [-0.1, -0.05) is 0 Å². The Balaban J connectivity index is 3.36. The lowest BCUT2D eigenvalue weighted by Gasteiger charge is -2.09. The lowest BCUT2D eigenvalue weighted by molar-refractivity contribution is -0.384. The molecule has 1 rings (SSSR count). The van der Waals surface area contributed by atoms with Crippen molar-refractivity contribution in [1.82, 2.24) is 0 Å². The summed E-state index contributed by atoms with van der Waals surface area (Å²) >= 11 is 0. The van der Waals surface area contributed by atoms with Crippen molar-refractivity contribution in [3.05, 3.63) is 45.5 Å².